The van der Waals surface area contributed by atoms with Gasteiger partial charge in [-0.15, -0.1) is 0 Å². The van der Waals surface area contributed by atoms with Crippen LogP contribution in [0.2, 0.25) is 0 Å². The summed E-state index contributed by atoms with van der Waals surface area (Å²) < 4.78 is 0. The molecule has 0 saturated heterocycles. The number of benzene rings is 4. The zero-order chi connectivity index (χ0) is 19.7. The van der Waals surface area contributed by atoms with E-state index in [-0.39, 0.29) is 0 Å². The minimum absolute atomic E-state index is 0.777. The molecular formula is C26H24N2. The van der Waals surface area contributed by atoms with Crippen molar-refractivity contribution in [1.82, 2.24) is 0 Å². The second-order valence-corrected chi connectivity index (χ2v) is 7.19. The first-order valence-corrected chi connectivity index (χ1v) is 9.46. The van der Waals surface area contributed by atoms with Crippen molar-refractivity contribution in [2.45, 2.75) is 13.8 Å². The van der Waals surface area contributed by atoms with Gasteiger partial charge in [-0.25, -0.2) is 0 Å². The van der Waals surface area contributed by atoms with Gasteiger partial charge < -0.3 is 11.5 Å². The zero-order valence-electron chi connectivity index (χ0n) is 16.2. The van der Waals surface area contributed by atoms with Crippen LogP contribution in [-0.2, 0) is 0 Å². The van der Waals surface area contributed by atoms with Gasteiger partial charge in [0.05, 0.1) is 0 Å². The van der Waals surface area contributed by atoms with Crippen LogP contribution < -0.4 is 11.5 Å². The number of anilines is 2. The summed E-state index contributed by atoms with van der Waals surface area (Å²) in [6, 6.07) is 29.0. The Morgan fingerprint density at radius 1 is 0.571 bits per heavy atom. The molecule has 4 N–H and O–H groups in total. The summed E-state index contributed by atoms with van der Waals surface area (Å²) in [5.41, 5.74) is 23.4. The molecule has 0 aliphatic carbocycles. The number of nitrogens with two attached hydrogens (primary N) is 2. The molecule has 0 amide bonds. The van der Waals surface area contributed by atoms with Crippen LogP contribution in [0.1, 0.15) is 11.1 Å². The minimum atomic E-state index is 0.777. The van der Waals surface area contributed by atoms with Crippen LogP contribution >= 0.6 is 0 Å². The lowest BCUT2D eigenvalue weighted by Crippen LogP contribution is -2.00. The van der Waals surface area contributed by atoms with E-state index < -0.39 is 0 Å². The maximum Gasteiger partial charge on any atom is 0.0403 e. The highest BCUT2D eigenvalue weighted by atomic mass is 14.6. The van der Waals surface area contributed by atoms with Gasteiger partial charge in [-0.2, -0.15) is 0 Å². The molecule has 4 aromatic carbocycles. The second kappa shape index (κ2) is 7.24. The van der Waals surface area contributed by atoms with Crippen molar-refractivity contribution >= 4 is 11.4 Å². The molecule has 0 saturated carbocycles. The maximum absolute atomic E-state index is 6.58. The van der Waals surface area contributed by atoms with E-state index in [1.165, 1.54) is 16.7 Å². The Bertz CT molecular complexity index is 1130. The molecule has 138 valence electrons. The van der Waals surface area contributed by atoms with E-state index in [2.05, 4.69) is 62.4 Å². The Morgan fingerprint density at radius 3 is 1.79 bits per heavy atom. The Hall–Kier alpha value is -3.52. The Labute approximate surface area is 166 Å². The molecule has 0 aliphatic rings. The van der Waals surface area contributed by atoms with E-state index in [1.807, 2.05) is 36.4 Å². The fraction of sp³-hybridized carbons (Fsp3) is 0.0769. The van der Waals surface area contributed by atoms with Crippen molar-refractivity contribution in [1.29, 1.82) is 0 Å². The van der Waals surface area contributed by atoms with Gasteiger partial charge in [-0.1, -0.05) is 66.7 Å². The lowest BCUT2D eigenvalue weighted by atomic mass is 9.84. The van der Waals surface area contributed by atoms with Crippen LogP contribution in [0.4, 0.5) is 11.4 Å². The van der Waals surface area contributed by atoms with Crippen LogP contribution in [0, 0.1) is 13.8 Å². The third-order valence-electron chi connectivity index (χ3n) is 5.27. The second-order valence-electron chi connectivity index (χ2n) is 7.19. The zero-order valence-corrected chi connectivity index (χ0v) is 16.2. The lowest BCUT2D eigenvalue weighted by molar-refractivity contribution is 1.40. The SMILES string of the molecule is Cc1cc(N)ccc1-c1c(-c2ccccc2)cc(N)c(-c2ccccc2)c1C. The van der Waals surface area contributed by atoms with Gasteiger partial charge in [0.2, 0.25) is 0 Å². The smallest absolute Gasteiger partial charge is 0.0403 e. The molecular weight excluding hydrogens is 340 g/mol. The predicted molar refractivity (Wildman–Crippen MR) is 121 cm³/mol. The first kappa shape index (κ1) is 17.9. The number of aryl methyl sites for hydroxylation is 1. The summed E-state index contributed by atoms with van der Waals surface area (Å²) in [5.74, 6) is 0. The molecule has 4 rings (SSSR count). The molecule has 28 heavy (non-hydrogen) atoms. The van der Waals surface area contributed by atoms with Crippen molar-refractivity contribution in [3.8, 4) is 33.4 Å². The van der Waals surface area contributed by atoms with E-state index in [0.29, 0.717) is 0 Å². The fourth-order valence-corrected chi connectivity index (χ4v) is 3.99. The summed E-state index contributed by atoms with van der Waals surface area (Å²) in [4.78, 5) is 0. The van der Waals surface area contributed by atoms with Crippen molar-refractivity contribution in [3.63, 3.8) is 0 Å². The van der Waals surface area contributed by atoms with Crippen LogP contribution in [0.25, 0.3) is 33.4 Å². The van der Waals surface area contributed by atoms with Gasteiger partial charge in [0, 0.05) is 16.9 Å². The third-order valence-corrected chi connectivity index (χ3v) is 5.27. The van der Waals surface area contributed by atoms with E-state index in [1.54, 1.807) is 0 Å². The molecule has 0 atom stereocenters. The van der Waals surface area contributed by atoms with Crippen LogP contribution in [-0.4, -0.2) is 0 Å². The molecule has 0 unspecified atom stereocenters. The van der Waals surface area contributed by atoms with Gasteiger partial charge in [0.25, 0.3) is 0 Å². The van der Waals surface area contributed by atoms with E-state index >= 15 is 0 Å². The van der Waals surface area contributed by atoms with Crippen LogP contribution in [0.15, 0.2) is 84.9 Å². The summed E-state index contributed by atoms with van der Waals surface area (Å²) in [6.45, 7) is 4.27. The molecule has 0 fully saturated rings. The summed E-state index contributed by atoms with van der Waals surface area (Å²) in [5, 5.41) is 0. The Morgan fingerprint density at radius 2 is 1.18 bits per heavy atom. The highest BCUT2D eigenvalue weighted by molar-refractivity contribution is 5.96. The fourth-order valence-electron chi connectivity index (χ4n) is 3.99. The van der Waals surface area contributed by atoms with Crippen LogP contribution in [0.3, 0.4) is 0 Å². The summed E-state index contributed by atoms with van der Waals surface area (Å²) in [7, 11) is 0. The third kappa shape index (κ3) is 3.14. The van der Waals surface area contributed by atoms with Gasteiger partial charge in [0.15, 0.2) is 0 Å². The molecule has 0 aromatic heterocycles. The highest BCUT2D eigenvalue weighted by Gasteiger charge is 2.19. The van der Waals surface area contributed by atoms with Crippen molar-refractivity contribution < 1.29 is 0 Å². The number of nitrogen functional groups attached to an aromatic ring is 2. The average Bonchev–Trinajstić information content (AvgIpc) is 2.70. The van der Waals surface area contributed by atoms with Gasteiger partial charge in [-0.3, -0.25) is 0 Å². The number of hydrogen-bond acceptors (Lipinski definition) is 2. The molecule has 0 aliphatic heterocycles. The monoisotopic (exact) mass is 364 g/mol. The molecule has 0 heterocycles. The highest BCUT2D eigenvalue weighted by Crippen LogP contribution is 2.44. The average molecular weight is 364 g/mol. The topological polar surface area (TPSA) is 52.0 Å². The Kier molecular flexibility index (Phi) is 4.62. The number of rotatable bonds is 3. The Balaban J connectivity index is 2.08. The first-order chi connectivity index (χ1) is 13.6. The van der Waals surface area contributed by atoms with Crippen molar-refractivity contribution in [3.05, 3.63) is 96.1 Å². The standard InChI is InChI=1S/C26H24N2/c1-17-15-21(27)13-14-22(17)26-18(2)25(20-11-7-4-8-12-20)24(28)16-23(26)19-9-5-3-6-10-19/h3-16H,27-28H2,1-2H3. The molecule has 4 aromatic rings. The van der Waals surface area contributed by atoms with Crippen LogP contribution in [0.5, 0.6) is 0 Å². The molecule has 0 bridgehead atoms. The van der Waals surface area contributed by atoms with E-state index in [0.717, 1.165) is 39.2 Å². The summed E-state index contributed by atoms with van der Waals surface area (Å²) >= 11 is 0. The molecule has 0 spiro atoms. The lowest BCUT2D eigenvalue weighted by Gasteiger charge is -2.21. The quantitative estimate of drug-likeness (QED) is 0.409. The van der Waals surface area contributed by atoms with Crippen molar-refractivity contribution in [2.75, 3.05) is 11.5 Å². The molecule has 0 radical (unpaired) electrons. The van der Waals surface area contributed by atoms with E-state index in [9.17, 15) is 0 Å². The van der Waals surface area contributed by atoms with Gasteiger partial charge in [0.1, 0.15) is 0 Å². The molecule has 2 heteroatoms. The van der Waals surface area contributed by atoms with Gasteiger partial charge in [-0.05, 0) is 71.0 Å². The van der Waals surface area contributed by atoms with Gasteiger partial charge >= 0.3 is 0 Å². The normalized spacial score (nSPS) is 10.8. The minimum Gasteiger partial charge on any atom is -0.399 e. The summed E-state index contributed by atoms with van der Waals surface area (Å²) in [6.07, 6.45) is 0. The predicted octanol–water partition coefficient (Wildman–Crippen LogP) is 6.47. The maximum atomic E-state index is 6.58. The van der Waals surface area contributed by atoms with Crippen molar-refractivity contribution in [2.24, 2.45) is 0 Å². The van der Waals surface area contributed by atoms with E-state index in [4.69, 9.17) is 11.5 Å². The first-order valence-electron chi connectivity index (χ1n) is 9.46. The molecule has 2 nitrogen and oxygen atoms in total. The number of hydrogen-bond donors (Lipinski definition) is 2. The largest absolute Gasteiger partial charge is 0.399 e.